The molecule has 10 heteroatoms. The number of anilines is 1. The number of hydrazone groups is 1. The SMILES string of the molecule is CC1CCC(C(=O)OCC(=O)N2N=C3/C(=C\c4ccc(Cl)cc4)CCCC3C2c2ccc(Cl)cc2)C2C(=O)N(c3ccccc3)C(=O)C12. The van der Waals surface area contributed by atoms with Crippen LogP contribution < -0.4 is 4.90 Å². The Morgan fingerprint density at radius 2 is 1.54 bits per heavy atom. The molecule has 7 rings (SSSR count). The molecule has 246 valence electrons. The van der Waals surface area contributed by atoms with Gasteiger partial charge in [0.1, 0.15) is 0 Å². The van der Waals surface area contributed by atoms with E-state index >= 15 is 0 Å². The van der Waals surface area contributed by atoms with E-state index in [0.717, 1.165) is 41.7 Å². The second kappa shape index (κ2) is 13.3. The highest BCUT2D eigenvalue weighted by Gasteiger charge is 2.57. The van der Waals surface area contributed by atoms with Crippen molar-refractivity contribution in [1.29, 1.82) is 0 Å². The van der Waals surface area contributed by atoms with E-state index < -0.39 is 48.2 Å². The van der Waals surface area contributed by atoms with Crippen molar-refractivity contribution >= 4 is 64.4 Å². The molecule has 2 saturated carbocycles. The molecular formula is C38H35Cl2N3O5. The van der Waals surface area contributed by atoms with E-state index in [2.05, 4.69) is 6.08 Å². The first-order valence-electron chi connectivity index (χ1n) is 16.4. The van der Waals surface area contributed by atoms with Crippen LogP contribution in [-0.4, -0.2) is 41.0 Å². The minimum atomic E-state index is -0.832. The molecule has 0 spiro atoms. The zero-order valence-corrected chi connectivity index (χ0v) is 27.9. The molecule has 0 radical (unpaired) electrons. The van der Waals surface area contributed by atoms with E-state index in [1.165, 1.54) is 9.91 Å². The molecule has 0 aromatic heterocycles. The first-order chi connectivity index (χ1) is 23.2. The van der Waals surface area contributed by atoms with Crippen LogP contribution >= 0.6 is 23.2 Å². The van der Waals surface area contributed by atoms with Crippen molar-refractivity contribution < 1.29 is 23.9 Å². The van der Waals surface area contributed by atoms with Crippen molar-refractivity contribution in [2.75, 3.05) is 11.5 Å². The van der Waals surface area contributed by atoms with Crippen LogP contribution in [0.25, 0.3) is 6.08 Å². The van der Waals surface area contributed by atoms with Gasteiger partial charge in [-0.15, -0.1) is 0 Å². The number of fused-ring (bicyclic) bond motifs is 2. The molecule has 3 amide bonds. The lowest BCUT2D eigenvalue weighted by molar-refractivity contribution is -0.161. The predicted molar refractivity (Wildman–Crippen MR) is 184 cm³/mol. The molecule has 0 bridgehead atoms. The number of para-hydroxylation sites is 1. The van der Waals surface area contributed by atoms with Gasteiger partial charge < -0.3 is 4.74 Å². The number of carbonyl (C=O) groups excluding carboxylic acids is 4. The quantitative estimate of drug-likeness (QED) is 0.198. The maximum absolute atomic E-state index is 13.9. The summed E-state index contributed by atoms with van der Waals surface area (Å²) in [5, 5.41) is 7.57. The van der Waals surface area contributed by atoms with E-state index in [4.69, 9.17) is 33.0 Å². The van der Waals surface area contributed by atoms with Crippen LogP contribution in [0.5, 0.6) is 0 Å². The zero-order chi connectivity index (χ0) is 33.5. The third kappa shape index (κ3) is 5.96. The number of allylic oxidation sites excluding steroid dienone is 1. The molecule has 3 aromatic rings. The van der Waals surface area contributed by atoms with Gasteiger partial charge >= 0.3 is 5.97 Å². The Bertz CT molecular complexity index is 1810. The molecule has 6 atom stereocenters. The number of nitrogens with zero attached hydrogens (tertiary/aromatic N) is 3. The van der Waals surface area contributed by atoms with Crippen LogP contribution in [0.3, 0.4) is 0 Å². The lowest BCUT2D eigenvalue weighted by Crippen LogP contribution is -2.41. The van der Waals surface area contributed by atoms with Crippen molar-refractivity contribution in [3.63, 3.8) is 0 Å². The molecule has 0 N–H and O–H groups in total. The second-order valence-corrected chi connectivity index (χ2v) is 14.0. The van der Waals surface area contributed by atoms with Crippen LogP contribution in [0.1, 0.15) is 56.2 Å². The Hall–Kier alpha value is -4.27. The Morgan fingerprint density at radius 3 is 2.25 bits per heavy atom. The van der Waals surface area contributed by atoms with Crippen LogP contribution in [-0.2, 0) is 23.9 Å². The normalized spacial score (nSPS) is 27.5. The summed E-state index contributed by atoms with van der Waals surface area (Å²) in [4.78, 5) is 55.9. The summed E-state index contributed by atoms with van der Waals surface area (Å²) in [6.45, 7) is 1.41. The average molecular weight is 685 g/mol. The van der Waals surface area contributed by atoms with Gasteiger partial charge in [-0.2, -0.15) is 5.10 Å². The first kappa shape index (κ1) is 32.3. The maximum Gasteiger partial charge on any atom is 0.310 e. The molecular weight excluding hydrogens is 649 g/mol. The summed E-state index contributed by atoms with van der Waals surface area (Å²) >= 11 is 12.3. The maximum atomic E-state index is 13.9. The van der Waals surface area contributed by atoms with Crippen LogP contribution in [0.15, 0.2) is 89.5 Å². The summed E-state index contributed by atoms with van der Waals surface area (Å²) in [6.07, 6.45) is 5.67. The van der Waals surface area contributed by atoms with E-state index in [1.54, 1.807) is 36.4 Å². The lowest BCUT2D eigenvalue weighted by Gasteiger charge is -2.33. The topological polar surface area (TPSA) is 96.3 Å². The second-order valence-electron chi connectivity index (χ2n) is 13.1. The van der Waals surface area contributed by atoms with Crippen molar-refractivity contribution in [3.05, 3.63) is 106 Å². The van der Waals surface area contributed by atoms with Gasteiger partial charge in [0.15, 0.2) is 6.61 Å². The molecule has 8 nitrogen and oxygen atoms in total. The van der Waals surface area contributed by atoms with Crippen molar-refractivity contribution in [2.45, 2.75) is 45.1 Å². The fourth-order valence-electron chi connectivity index (χ4n) is 7.90. The minimum absolute atomic E-state index is 0.0511. The van der Waals surface area contributed by atoms with Crippen molar-refractivity contribution in [2.24, 2.45) is 34.7 Å². The first-order valence-corrected chi connectivity index (χ1v) is 17.2. The largest absolute Gasteiger partial charge is 0.455 e. The number of hydrogen-bond acceptors (Lipinski definition) is 6. The molecule has 3 fully saturated rings. The van der Waals surface area contributed by atoms with E-state index in [0.29, 0.717) is 28.6 Å². The summed E-state index contributed by atoms with van der Waals surface area (Å²) < 4.78 is 5.68. The fourth-order valence-corrected chi connectivity index (χ4v) is 8.15. The van der Waals surface area contributed by atoms with E-state index in [-0.39, 0.29) is 17.7 Å². The molecule has 48 heavy (non-hydrogen) atoms. The number of rotatable bonds is 6. The zero-order valence-electron chi connectivity index (χ0n) is 26.4. The van der Waals surface area contributed by atoms with Gasteiger partial charge in [0.25, 0.3) is 5.91 Å². The van der Waals surface area contributed by atoms with Gasteiger partial charge in [-0.3, -0.25) is 24.1 Å². The van der Waals surface area contributed by atoms with Crippen LogP contribution in [0.2, 0.25) is 10.0 Å². The standard InChI is InChI=1S/C38H35Cl2N3O5/c1-22-10-19-29(33-32(22)36(45)42(37(33)46)28-7-3-2-4-8-28)38(47)48-21-31(44)43-35(24-13-17-27(40)18-14-24)30-9-5-6-25(34(30)41-43)20-23-11-15-26(39)16-12-23/h2-4,7-8,11-18,20,22,29-30,32-33,35H,5-6,9-10,19,21H2,1H3/b25-20-. The van der Waals surface area contributed by atoms with Crippen LogP contribution in [0, 0.1) is 29.6 Å². The van der Waals surface area contributed by atoms with Crippen molar-refractivity contribution in [1.82, 2.24) is 5.01 Å². The van der Waals surface area contributed by atoms with E-state index in [1.807, 2.05) is 49.4 Å². The smallest absolute Gasteiger partial charge is 0.310 e. The minimum Gasteiger partial charge on any atom is -0.455 e. The summed E-state index contributed by atoms with van der Waals surface area (Å²) in [6, 6.07) is 23.4. The lowest BCUT2D eigenvalue weighted by atomic mass is 9.68. The number of halogens is 2. The Morgan fingerprint density at radius 1 is 0.875 bits per heavy atom. The number of hydrogen-bond donors (Lipinski definition) is 0. The summed E-state index contributed by atoms with van der Waals surface area (Å²) in [7, 11) is 0. The molecule has 3 aromatic carbocycles. The molecule has 2 aliphatic heterocycles. The highest BCUT2D eigenvalue weighted by atomic mass is 35.5. The Balaban J connectivity index is 1.12. The number of ether oxygens (including phenoxy) is 1. The summed E-state index contributed by atoms with van der Waals surface area (Å²) in [5.41, 5.74) is 4.26. The number of benzene rings is 3. The van der Waals surface area contributed by atoms with Gasteiger partial charge in [0.05, 0.1) is 35.2 Å². The number of imide groups is 1. The number of amides is 3. The van der Waals surface area contributed by atoms with Crippen molar-refractivity contribution in [3.8, 4) is 0 Å². The van der Waals surface area contributed by atoms with E-state index in [9.17, 15) is 19.2 Å². The Labute approximate surface area is 289 Å². The molecule has 1 saturated heterocycles. The predicted octanol–water partition coefficient (Wildman–Crippen LogP) is 7.51. The Kier molecular flexibility index (Phi) is 8.96. The third-order valence-electron chi connectivity index (χ3n) is 10.2. The molecule has 6 unspecified atom stereocenters. The van der Waals surface area contributed by atoms with Gasteiger partial charge in [-0.1, -0.05) is 72.6 Å². The third-order valence-corrected chi connectivity index (χ3v) is 10.7. The molecule has 4 aliphatic rings. The fraction of sp³-hybridized carbons (Fsp3) is 0.342. The highest BCUT2D eigenvalue weighted by molar-refractivity contribution is 6.31. The molecule has 2 heterocycles. The highest BCUT2D eigenvalue weighted by Crippen LogP contribution is 2.47. The summed E-state index contributed by atoms with van der Waals surface area (Å²) in [5.74, 6) is -4.18. The van der Waals surface area contributed by atoms with Crippen LogP contribution in [0.4, 0.5) is 5.69 Å². The number of carbonyl (C=O) groups is 4. The van der Waals surface area contributed by atoms with Gasteiger partial charge in [0.2, 0.25) is 11.8 Å². The van der Waals surface area contributed by atoms with Gasteiger partial charge in [-0.25, -0.2) is 5.01 Å². The van der Waals surface area contributed by atoms with Gasteiger partial charge in [-0.05, 0) is 97.2 Å². The number of esters is 1. The monoisotopic (exact) mass is 683 g/mol. The molecule has 2 aliphatic carbocycles. The average Bonchev–Trinajstić information content (AvgIpc) is 3.61. The van der Waals surface area contributed by atoms with Gasteiger partial charge in [0, 0.05) is 16.0 Å².